The number of hydrogen-bond acceptors (Lipinski definition) is 4. The van der Waals surface area contributed by atoms with Gasteiger partial charge in [-0.2, -0.15) is 0 Å². The quantitative estimate of drug-likeness (QED) is 0.866. The second-order valence-corrected chi connectivity index (χ2v) is 8.04. The molecule has 1 atom stereocenters. The molecule has 23 heavy (non-hydrogen) atoms. The van der Waals surface area contributed by atoms with Crippen LogP contribution < -0.4 is 4.74 Å². The maximum Gasteiger partial charge on any atom is 0.273 e. The largest absolute Gasteiger partial charge is 0.484 e. The van der Waals surface area contributed by atoms with E-state index in [0.29, 0.717) is 18.6 Å². The maximum atomic E-state index is 12.2. The average Bonchev–Trinajstić information content (AvgIpc) is 2.55. The summed E-state index contributed by atoms with van der Waals surface area (Å²) in [5, 5.41) is 1.58. The number of carbonyl (C=O) groups is 1. The molecule has 1 saturated heterocycles. The van der Waals surface area contributed by atoms with Crippen LogP contribution in [0.1, 0.15) is 19.8 Å². The van der Waals surface area contributed by atoms with Crippen LogP contribution in [-0.4, -0.2) is 37.0 Å². The van der Waals surface area contributed by atoms with Gasteiger partial charge in [0.1, 0.15) is 5.75 Å². The van der Waals surface area contributed by atoms with E-state index in [-0.39, 0.29) is 13.2 Å². The van der Waals surface area contributed by atoms with E-state index >= 15 is 0 Å². The molecule has 1 heterocycles. The second-order valence-electron chi connectivity index (χ2n) is 5.76. The molecule has 0 aliphatic carbocycles. The lowest BCUT2D eigenvalue weighted by molar-refractivity contribution is -0.128. The molecular formula is C17H19NO4S. The zero-order chi connectivity index (χ0) is 16.4. The highest BCUT2D eigenvalue weighted by molar-refractivity contribution is 7.90. The average molecular weight is 333 g/mol. The molecule has 2 aromatic rings. The van der Waals surface area contributed by atoms with Crippen LogP contribution in [0.4, 0.5) is 0 Å². The minimum absolute atomic E-state index is 0.243. The molecule has 1 unspecified atom stereocenters. The Bertz CT molecular complexity index is 831. The third-order valence-corrected chi connectivity index (χ3v) is 6.40. The molecular weight excluding hydrogens is 314 g/mol. The predicted octanol–water partition coefficient (Wildman–Crippen LogP) is 2.56. The Morgan fingerprint density at radius 3 is 2.74 bits per heavy atom. The van der Waals surface area contributed by atoms with E-state index in [2.05, 4.69) is 0 Å². The summed E-state index contributed by atoms with van der Waals surface area (Å²) in [5.41, 5.74) is 0. The van der Waals surface area contributed by atoms with Crippen LogP contribution in [0.25, 0.3) is 10.8 Å². The number of benzene rings is 2. The molecule has 0 spiro atoms. The number of hydrogen-bond donors (Lipinski definition) is 0. The summed E-state index contributed by atoms with van der Waals surface area (Å²) in [6, 6.07) is 13.4. The van der Waals surface area contributed by atoms with E-state index in [4.69, 9.17) is 4.74 Å². The van der Waals surface area contributed by atoms with Crippen molar-refractivity contribution in [1.82, 2.24) is 4.31 Å². The molecule has 3 rings (SSSR count). The van der Waals surface area contributed by atoms with Gasteiger partial charge in [0.05, 0.1) is 5.25 Å². The Morgan fingerprint density at radius 2 is 1.96 bits per heavy atom. The molecule has 0 radical (unpaired) electrons. The van der Waals surface area contributed by atoms with E-state index in [1.54, 1.807) is 13.0 Å². The van der Waals surface area contributed by atoms with Crippen LogP contribution in [0.15, 0.2) is 42.5 Å². The summed E-state index contributed by atoms with van der Waals surface area (Å²) in [5.74, 6) is 0.0456. The van der Waals surface area contributed by atoms with E-state index in [1.165, 1.54) is 0 Å². The van der Waals surface area contributed by atoms with Crippen molar-refractivity contribution in [1.29, 1.82) is 0 Å². The third kappa shape index (κ3) is 3.17. The summed E-state index contributed by atoms with van der Waals surface area (Å²) in [6.07, 6.45) is 1.29. The molecule has 5 nitrogen and oxygen atoms in total. The fourth-order valence-corrected chi connectivity index (χ4v) is 4.38. The van der Waals surface area contributed by atoms with Gasteiger partial charge in [-0.1, -0.05) is 30.3 Å². The van der Waals surface area contributed by atoms with Gasteiger partial charge >= 0.3 is 0 Å². The zero-order valence-electron chi connectivity index (χ0n) is 12.9. The predicted molar refractivity (Wildman–Crippen MR) is 88.8 cm³/mol. The molecule has 6 heteroatoms. The molecule has 0 bridgehead atoms. The monoisotopic (exact) mass is 333 g/mol. The van der Waals surface area contributed by atoms with Crippen LogP contribution in [0.3, 0.4) is 0 Å². The van der Waals surface area contributed by atoms with Gasteiger partial charge in [-0.15, -0.1) is 0 Å². The number of fused-ring (bicyclic) bond motifs is 1. The fourth-order valence-electron chi connectivity index (χ4n) is 2.76. The van der Waals surface area contributed by atoms with Crippen LogP contribution in [0.5, 0.6) is 5.75 Å². The number of carbonyl (C=O) groups excluding carboxylic acids is 1. The van der Waals surface area contributed by atoms with Gasteiger partial charge in [0.15, 0.2) is 6.61 Å². The van der Waals surface area contributed by atoms with Gasteiger partial charge in [-0.25, -0.2) is 12.7 Å². The summed E-state index contributed by atoms with van der Waals surface area (Å²) < 4.78 is 30.8. The summed E-state index contributed by atoms with van der Waals surface area (Å²) in [4.78, 5) is 12.2. The minimum Gasteiger partial charge on any atom is -0.484 e. The van der Waals surface area contributed by atoms with Crippen molar-refractivity contribution in [2.75, 3.05) is 13.2 Å². The van der Waals surface area contributed by atoms with Gasteiger partial charge in [0.25, 0.3) is 5.91 Å². The lowest BCUT2D eigenvalue weighted by atomic mass is 10.1. The first-order chi connectivity index (χ1) is 11.0. The molecule has 1 aliphatic rings. The zero-order valence-corrected chi connectivity index (χ0v) is 13.8. The molecule has 0 aromatic heterocycles. The normalized spacial score (nSPS) is 20.4. The number of sulfonamides is 1. The first kappa shape index (κ1) is 15.8. The first-order valence-electron chi connectivity index (χ1n) is 7.64. The molecule has 1 fully saturated rings. The molecule has 1 amide bonds. The van der Waals surface area contributed by atoms with Crippen LogP contribution >= 0.6 is 0 Å². The number of amides is 1. The highest BCUT2D eigenvalue weighted by Gasteiger charge is 2.35. The molecule has 0 N–H and O–H groups in total. The summed E-state index contributed by atoms with van der Waals surface area (Å²) in [6.45, 7) is 1.61. The van der Waals surface area contributed by atoms with Crippen molar-refractivity contribution in [3.63, 3.8) is 0 Å². The Morgan fingerprint density at radius 1 is 1.22 bits per heavy atom. The van der Waals surface area contributed by atoms with Crippen molar-refractivity contribution in [3.05, 3.63) is 42.5 Å². The lowest BCUT2D eigenvalue weighted by Gasteiger charge is -2.30. The van der Waals surface area contributed by atoms with Crippen molar-refractivity contribution >= 4 is 26.7 Å². The molecule has 0 saturated carbocycles. The van der Waals surface area contributed by atoms with Crippen molar-refractivity contribution in [2.24, 2.45) is 0 Å². The Balaban J connectivity index is 1.70. The topological polar surface area (TPSA) is 63.7 Å². The maximum absolute atomic E-state index is 12.2. The summed E-state index contributed by atoms with van der Waals surface area (Å²) >= 11 is 0. The highest BCUT2D eigenvalue weighted by atomic mass is 32.2. The SMILES string of the molecule is CC1CCCN(C(=O)COc2ccc3ccccc3c2)S1(=O)=O. The van der Waals surface area contributed by atoms with E-state index in [1.807, 2.05) is 36.4 Å². The van der Waals surface area contributed by atoms with Crippen LogP contribution in [0, 0.1) is 0 Å². The summed E-state index contributed by atoms with van der Waals surface area (Å²) in [7, 11) is -3.54. The van der Waals surface area contributed by atoms with E-state index in [9.17, 15) is 13.2 Å². The van der Waals surface area contributed by atoms with Crippen molar-refractivity contribution in [2.45, 2.75) is 25.0 Å². The van der Waals surface area contributed by atoms with Crippen molar-refractivity contribution in [3.8, 4) is 5.75 Å². The number of nitrogens with zero attached hydrogens (tertiary/aromatic N) is 1. The fraction of sp³-hybridized carbons (Fsp3) is 0.353. The van der Waals surface area contributed by atoms with Crippen molar-refractivity contribution < 1.29 is 17.9 Å². The Kier molecular flexibility index (Phi) is 4.26. The minimum atomic E-state index is -3.54. The van der Waals surface area contributed by atoms with Gasteiger partial charge < -0.3 is 4.74 Å². The van der Waals surface area contributed by atoms with Gasteiger partial charge in [-0.3, -0.25) is 4.79 Å². The third-order valence-electron chi connectivity index (χ3n) is 4.15. The first-order valence-corrected chi connectivity index (χ1v) is 9.15. The van der Waals surface area contributed by atoms with Gasteiger partial charge in [0.2, 0.25) is 10.0 Å². The molecule has 2 aromatic carbocycles. The standard InChI is InChI=1S/C17H19NO4S/c1-13-5-4-10-18(23(13,20)21)17(19)12-22-16-9-8-14-6-2-3-7-15(14)11-16/h2-3,6-9,11,13H,4-5,10,12H2,1H3. The lowest BCUT2D eigenvalue weighted by Crippen LogP contribution is -2.47. The second kappa shape index (κ2) is 6.20. The van der Waals surface area contributed by atoms with Crippen LogP contribution in [0.2, 0.25) is 0 Å². The number of ether oxygens (including phenoxy) is 1. The highest BCUT2D eigenvalue weighted by Crippen LogP contribution is 2.23. The Labute approximate surface area is 135 Å². The Hall–Kier alpha value is -2.08. The smallest absolute Gasteiger partial charge is 0.273 e. The van der Waals surface area contributed by atoms with E-state index < -0.39 is 21.2 Å². The molecule has 122 valence electrons. The van der Waals surface area contributed by atoms with Gasteiger partial charge in [-0.05, 0) is 42.7 Å². The number of rotatable bonds is 3. The van der Waals surface area contributed by atoms with E-state index in [0.717, 1.165) is 15.1 Å². The van der Waals surface area contributed by atoms with Crippen LogP contribution in [-0.2, 0) is 14.8 Å². The molecule has 1 aliphatic heterocycles. The van der Waals surface area contributed by atoms with Gasteiger partial charge in [0, 0.05) is 6.54 Å².